The molecule has 0 saturated heterocycles. The van der Waals surface area contributed by atoms with Gasteiger partial charge in [-0.15, -0.1) is 11.8 Å². The summed E-state index contributed by atoms with van der Waals surface area (Å²) in [5.74, 6) is -0.372. The fourth-order valence-electron chi connectivity index (χ4n) is 4.00. The van der Waals surface area contributed by atoms with Crippen molar-refractivity contribution >= 4 is 40.0 Å². The molecule has 1 heterocycles. The average Bonchev–Trinajstić information content (AvgIpc) is 2.84. The van der Waals surface area contributed by atoms with Gasteiger partial charge in [0.1, 0.15) is 11.5 Å². The van der Waals surface area contributed by atoms with Crippen molar-refractivity contribution in [2.75, 3.05) is 39.5 Å². The quantitative estimate of drug-likeness (QED) is 0.174. The van der Waals surface area contributed by atoms with Crippen LogP contribution in [-0.2, 0) is 11.0 Å². The van der Waals surface area contributed by atoms with Crippen molar-refractivity contribution in [2.24, 2.45) is 0 Å². The summed E-state index contributed by atoms with van der Waals surface area (Å²) in [6.45, 7) is 2.59. The number of aromatic amines is 1. The fourth-order valence-corrected chi connectivity index (χ4v) is 5.17. The van der Waals surface area contributed by atoms with E-state index in [1.165, 1.54) is 24.3 Å². The van der Waals surface area contributed by atoms with Gasteiger partial charge in [-0.05, 0) is 89.4 Å². The van der Waals surface area contributed by atoms with Crippen LogP contribution < -0.4 is 10.9 Å². The first-order valence-electron chi connectivity index (χ1n) is 12.2. The highest BCUT2D eigenvalue weighted by Gasteiger charge is 2.31. The highest BCUT2D eigenvalue weighted by atomic mass is 35.5. The Labute approximate surface area is 228 Å². The van der Waals surface area contributed by atoms with Crippen LogP contribution in [0.2, 0.25) is 5.02 Å². The highest BCUT2D eigenvalue weighted by Crippen LogP contribution is 2.42. The Morgan fingerprint density at radius 1 is 1.11 bits per heavy atom. The van der Waals surface area contributed by atoms with Gasteiger partial charge in [0, 0.05) is 33.5 Å². The zero-order chi connectivity index (χ0) is 27.9. The van der Waals surface area contributed by atoms with Crippen LogP contribution in [0.15, 0.2) is 46.1 Å². The fraction of sp³-hybridized carbons (Fsp3) is 0.407. The van der Waals surface area contributed by atoms with Gasteiger partial charge in [-0.1, -0.05) is 11.6 Å². The Balaban J connectivity index is 1.80. The van der Waals surface area contributed by atoms with Crippen LogP contribution in [0.5, 0.6) is 5.75 Å². The van der Waals surface area contributed by atoms with Gasteiger partial charge in [0.05, 0.1) is 16.2 Å². The number of Topliss-reactive ketones (excluding diaryl/α,β-unsaturated/α-hetero) is 1. The van der Waals surface area contributed by atoms with Gasteiger partial charge in [-0.3, -0.25) is 9.59 Å². The predicted octanol–water partition coefficient (Wildman–Crippen LogP) is 5.95. The first-order chi connectivity index (χ1) is 18.0. The van der Waals surface area contributed by atoms with Crippen molar-refractivity contribution in [1.29, 1.82) is 0 Å². The summed E-state index contributed by atoms with van der Waals surface area (Å²) < 4.78 is 40.5. The van der Waals surface area contributed by atoms with Crippen LogP contribution in [0.3, 0.4) is 0 Å². The van der Waals surface area contributed by atoms with Crippen LogP contribution >= 0.6 is 23.4 Å². The van der Waals surface area contributed by atoms with E-state index in [1.54, 1.807) is 0 Å². The number of pyridine rings is 1. The number of H-pyrrole nitrogens is 1. The number of halogens is 4. The smallest absolute Gasteiger partial charge is 0.416 e. The van der Waals surface area contributed by atoms with Gasteiger partial charge >= 0.3 is 6.18 Å². The standard InChI is InChI=1S/C27H31ClF3N3O3S/c1-34(2)13-4-3-11-32-12-5-6-19(35)16-38-25-24(21-15-18(28)8-10-23(21)36)20-14-17(27(29,30)31)7-9-22(20)33-26(25)37/h7-10,14-15,32,36H,3-6,11-13,16H2,1-2H3,(H,33,37). The molecule has 38 heavy (non-hydrogen) atoms. The van der Waals surface area contributed by atoms with Gasteiger partial charge < -0.3 is 20.3 Å². The number of carbonyl (C=O) groups excluding carboxylic acids is 1. The Morgan fingerprint density at radius 3 is 2.55 bits per heavy atom. The molecule has 0 aliphatic carbocycles. The minimum atomic E-state index is -4.61. The maximum absolute atomic E-state index is 13.5. The topological polar surface area (TPSA) is 85.4 Å². The number of phenols is 1. The molecular formula is C27H31ClF3N3O3S. The summed E-state index contributed by atoms with van der Waals surface area (Å²) in [4.78, 5) is 30.4. The summed E-state index contributed by atoms with van der Waals surface area (Å²) in [6.07, 6.45) is -1.54. The molecule has 2 aromatic carbocycles. The number of thioether (sulfide) groups is 1. The molecule has 0 spiro atoms. The number of nitrogens with zero attached hydrogens (tertiary/aromatic N) is 1. The molecule has 0 aliphatic rings. The normalized spacial score (nSPS) is 12.0. The van der Waals surface area contributed by atoms with Crippen LogP contribution in [-0.4, -0.2) is 60.3 Å². The lowest BCUT2D eigenvalue weighted by Gasteiger charge is -2.16. The van der Waals surface area contributed by atoms with Crippen molar-refractivity contribution in [3.8, 4) is 16.9 Å². The third kappa shape index (κ3) is 8.23. The zero-order valence-corrected chi connectivity index (χ0v) is 22.8. The van der Waals surface area contributed by atoms with E-state index in [4.69, 9.17) is 11.6 Å². The van der Waals surface area contributed by atoms with Crippen LogP contribution in [0, 0.1) is 0 Å². The number of rotatable bonds is 13. The van der Waals surface area contributed by atoms with E-state index < -0.39 is 17.3 Å². The maximum atomic E-state index is 13.5. The van der Waals surface area contributed by atoms with E-state index in [1.807, 2.05) is 14.1 Å². The molecule has 0 atom stereocenters. The Kier molecular flexibility index (Phi) is 10.7. The van der Waals surface area contributed by atoms with Gasteiger partial charge in [0.2, 0.25) is 0 Å². The van der Waals surface area contributed by atoms with Crippen molar-refractivity contribution in [2.45, 2.75) is 36.8 Å². The molecule has 11 heteroatoms. The lowest BCUT2D eigenvalue weighted by molar-refractivity contribution is -0.137. The molecule has 0 saturated carbocycles. The molecule has 0 radical (unpaired) electrons. The summed E-state index contributed by atoms with van der Waals surface area (Å²) in [5, 5.41) is 14.2. The number of phenolic OH excluding ortho intramolecular Hbond substituents is 1. The second-order valence-corrected chi connectivity index (χ2v) is 10.7. The number of hydrogen-bond donors (Lipinski definition) is 3. The third-order valence-corrected chi connectivity index (χ3v) is 7.30. The minimum Gasteiger partial charge on any atom is -0.507 e. The SMILES string of the molecule is CN(C)CCCCNCCCC(=O)CSc1c(-c2cc(Cl)ccc2O)c2cc(C(F)(F)F)ccc2[nH]c1=O. The largest absolute Gasteiger partial charge is 0.507 e. The van der Waals surface area contributed by atoms with Crippen molar-refractivity contribution in [3.63, 3.8) is 0 Å². The van der Waals surface area contributed by atoms with E-state index in [9.17, 15) is 27.9 Å². The molecule has 1 aromatic heterocycles. The molecule has 6 nitrogen and oxygen atoms in total. The molecule has 206 valence electrons. The number of hydrogen-bond acceptors (Lipinski definition) is 6. The van der Waals surface area contributed by atoms with Crippen LogP contribution in [0.25, 0.3) is 22.0 Å². The highest BCUT2D eigenvalue weighted by molar-refractivity contribution is 8.00. The Morgan fingerprint density at radius 2 is 1.84 bits per heavy atom. The number of carbonyl (C=O) groups is 1. The van der Waals surface area contributed by atoms with Gasteiger partial charge in [0.15, 0.2) is 0 Å². The van der Waals surface area contributed by atoms with Crippen molar-refractivity contribution in [3.05, 3.63) is 57.3 Å². The molecule has 3 N–H and O–H groups in total. The maximum Gasteiger partial charge on any atom is 0.416 e. The van der Waals surface area contributed by atoms with Crippen molar-refractivity contribution < 1.29 is 23.1 Å². The summed E-state index contributed by atoms with van der Waals surface area (Å²) in [6, 6.07) is 7.12. The molecule has 0 unspecified atom stereocenters. The summed E-state index contributed by atoms with van der Waals surface area (Å²) in [7, 11) is 4.06. The number of benzene rings is 2. The first kappa shape index (κ1) is 30.0. The molecular weight excluding hydrogens is 539 g/mol. The molecule has 3 rings (SSSR count). The molecule has 0 fully saturated rings. The zero-order valence-electron chi connectivity index (χ0n) is 21.3. The van der Waals surface area contributed by atoms with Crippen LogP contribution in [0.1, 0.15) is 31.2 Å². The van der Waals surface area contributed by atoms with Crippen LogP contribution in [0.4, 0.5) is 13.2 Å². The molecule has 0 amide bonds. The van der Waals surface area contributed by atoms with Gasteiger partial charge in [0.25, 0.3) is 5.56 Å². The molecule has 0 bridgehead atoms. The lowest BCUT2D eigenvalue weighted by atomic mass is 9.98. The number of alkyl halides is 3. The second kappa shape index (κ2) is 13.5. The van der Waals surface area contributed by atoms with E-state index >= 15 is 0 Å². The van der Waals surface area contributed by atoms with Gasteiger partial charge in [-0.2, -0.15) is 13.2 Å². The lowest BCUT2D eigenvalue weighted by Crippen LogP contribution is -2.20. The molecule has 0 aliphatic heterocycles. The number of aromatic hydroxyl groups is 1. The van der Waals surface area contributed by atoms with E-state index in [-0.39, 0.29) is 49.2 Å². The van der Waals surface area contributed by atoms with E-state index in [0.29, 0.717) is 19.4 Å². The number of unbranched alkanes of at least 4 members (excludes halogenated alkanes) is 1. The Bertz CT molecular complexity index is 1330. The van der Waals surface area contributed by atoms with Crippen molar-refractivity contribution in [1.82, 2.24) is 15.2 Å². The first-order valence-corrected chi connectivity index (χ1v) is 13.6. The Hall–Kier alpha value is -2.53. The number of ketones is 1. The second-order valence-electron chi connectivity index (χ2n) is 9.27. The number of aromatic nitrogens is 1. The summed E-state index contributed by atoms with van der Waals surface area (Å²) >= 11 is 7.06. The monoisotopic (exact) mass is 569 g/mol. The van der Waals surface area contributed by atoms with E-state index in [0.717, 1.165) is 49.8 Å². The number of nitrogens with one attached hydrogen (secondary N) is 2. The van der Waals surface area contributed by atoms with E-state index in [2.05, 4.69) is 15.2 Å². The summed E-state index contributed by atoms with van der Waals surface area (Å²) in [5.41, 5.74) is -1.08. The third-order valence-electron chi connectivity index (χ3n) is 5.92. The average molecular weight is 570 g/mol. The predicted molar refractivity (Wildman–Crippen MR) is 147 cm³/mol. The molecule has 3 aromatic rings. The van der Waals surface area contributed by atoms with Gasteiger partial charge in [-0.25, -0.2) is 0 Å². The number of fused-ring (bicyclic) bond motifs is 1. The minimum absolute atomic E-state index is 0.0370.